The fourth-order valence-corrected chi connectivity index (χ4v) is 1.46. The average molecular weight is 150 g/mol. The molecule has 0 amide bonds. The van der Waals surface area contributed by atoms with E-state index in [9.17, 15) is 0 Å². The van der Waals surface area contributed by atoms with Crippen molar-refractivity contribution in [1.82, 2.24) is 0 Å². The van der Waals surface area contributed by atoms with Crippen LogP contribution in [0.2, 0.25) is 0 Å². The summed E-state index contributed by atoms with van der Waals surface area (Å²) in [6.07, 6.45) is 4.63. The Kier molecular flexibility index (Phi) is 2.35. The van der Waals surface area contributed by atoms with Crippen molar-refractivity contribution in [2.75, 3.05) is 0 Å². The van der Waals surface area contributed by atoms with Crippen molar-refractivity contribution in [2.45, 2.75) is 37.6 Å². The smallest absolute Gasteiger partial charge is 0.136 e. The first-order valence-corrected chi connectivity index (χ1v) is 3.80. The lowest BCUT2D eigenvalue weighted by Gasteiger charge is -2.24. The van der Waals surface area contributed by atoms with Crippen LogP contribution in [-0.2, 0) is 0 Å². The van der Waals surface area contributed by atoms with Crippen LogP contribution in [0.4, 0.5) is 0 Å². The summed E-state index contributed by atoms with van der Waals surface area (Å²) in [7, 11) is 0. The van der Waals surface area contributed by atoms with E-state index < -0.39 is 5.54 Å². The minimum absolute atomic E-state index is 0.715. The van der Waals surface area contributed by atoms with Gasteiger partial charge in [-0.3, -0.25) is 0 Å². The third-order valence-corrected chi connectivity index (χ3v) is 2.12. The van der Waals surface area contributed by atoms with Gasteiger partial charge in [0.2, 0.25) is 0 Å². The van der Waals surface area contributed by atoms with Crippen LogP contribution in [0, 0.1) is 11.3 Å². The molecule has 11 heavy (non-hydrogen) atoms. The highest BCUT2D eigenvalue weighted by atomic mass is 15.2. The molecule has 0 saturated heterocycles. The van der Waals surface area contributed by atoms with Gasteiger partial charge >= 0.3 is 0 Å². The molecule has 4 nitrogen and oxygen atoms in total. The molecule has 1 aliphatic rings. The van der Waals surface area contributed by atoms with Gasteiger partial charge in [-0.2, -0.15) is 5.26 Å². The predicted octanol–water partition coefficient (Wildman–Crippen LogP) is 2.52. The Morgan fingerprint density at radius 3 is 2.45 bits per heavy atom. The zero-order chi connectivity index (χ0) is 8.16. The second kappa shape index (κ2) is 3.27. The molecule has 0 heterocycles. The van der Waals surface area contributed by atoms with Crippen LogP contribution in [-0.4, -0.2) is 5.54 Å². The molecule has 0 atom stereocenters. The molecule has 0 N–H and O–H groups in total. The monoisotopic (exact) mass is 150 g/mol. The van der Waals surface area contributed by atoms with E-state index in [1.165, 1.54) is 0 Å². The van der Waals surface area contributed by atoms with Crippen LogP contribution in [0.5, 0.6) is 0 Å². The summed E-state index contributed by atoms with van der Waals surface area (Å²) in [5.74, 6) is 0. The molecule has 0 unspecified atom stereocenters. The Morgan fingerprint density at radius 2 is 2.00 bits per heavy atom. The van der Waals surface area contributed by atoms with Crippen LogP contribution < -0.4 is 0 Å². The summed E-state index contributed by atoms with van der Waals surface area (Å²) < 4.78 is 0. The minimum atomic E-state index is -0.715. The lowest BCUT2D eigenvalue weighted by Crippen LogP contribution is -2.26. The Hall–Kier alpha value is -1.20. The summed E-state index contributed by atoms with van der Waals surface area (Å²) >= 11 is 0. The molecule has 0 aromatic rings. The summed E-state index contributed by atoms with van der Waals surface area (Å²) in [6.45, 7) is 0. The molecule has 0 bridgehead atoms. The Morgan fingerprint density at radius 1 is 1.36 bits per heavy atom. The molecule has 0 aromatic heterocycles. The van der Waals surface area contributed by atoms with Crippen LogP contribution >= 0.6 is 0 Å². The average Bonchev–Trinajstić information content (AvgIpc) is 2.07. The molecule has 0 spiro atoms. The van der Waals surface area contributed by atoms with Gasteiger partial charge in [-0.05, 0) is 18.4 Å². The number of hydrogen-bond acceptors (Lipinski definition) is 2. The van der Waals surface area contributed by atoms with Gasteiger partial charge < -0.3 is 0 Å². The molecule has 1 rings (SSSR count). The quantitative estimate of drug-likeness (QED) is 0.321. The van der Waals surface area contributed by atoms with E-state index in [0.717, 1.165) is 32.1 Å². The van der Waals surface area contributed by atoms with Gasteiger partial charge in [-0.1, -0.05) is 24.4 Å². The second-order valence-electron chi connectivity index (χ2n) is 2.89. The van der Waals surface area contributed by atoms with Gasteiger partial charge in [0.15, 0.2) is 0 Å². The molecule has 0 radical (unpaired) electrons. The molecule has 1 aliphatic carbocycles. The first-order chi connectivity index (χ1) is 5.33. The van der Waals surface area contributed by atoms with E-state index in [0.29, 0.717) is 0 Å². The maximum Gasteiger partial charge on any atom is 0.136 e. The van der Waals surface area contributed by atoms with Crippen molar-refractivity contribution in [3.63, 3.8) is 0 Å². The molecule has 0 aliphatic heterocycles. The van der Waals surface area contributed by atoms with E-state index in [4.69, 9.17) is 10.8 Å². The highest BCUT2D eigenvalue weighted by Crippen LogP contribution is 2.30. The normalized spacial score (nSPS) is 21.4. The first-order valence-electron chi connectivity index (χ1n) is 3.80. The van der Waals surface area contributed by atoms with Gasteiger partial charge in [0.1, 0.15) is 5.54 Å². The van der Waals surface area contributed by atoms with Gasteiger partial charge in [0.05, 0.1) is 6.07 Å². The highest BCUT2D eigenvalue weighted by molar-refractivity contribution is 5.08. The third kappa shape index (κ3) is 1.63. The van der Waals surface area contributed by atoms with Crippen LogP contribution in [0.15, 0.2) is 5.11 Å². The second-order valence-corrected chi connectivity index (χ2v) is 2.89. The summed E-state index contributed by atoms with van der Waals surface area (Å²) in [6, 6.07) is 2.10. The minimum Gasteiger partial charge on any atom is -0.198 e. The fourth-order valence-electron chi connectivity index (χ4n) is 1.46. The standard InChI is InChI=1S/C7H10N4/c8-6-7(10-11-9)4-2-1-3-5-7/h1-5H2. The molecule has 1 fully saturated rings. The van der Waals surface area contributed by atoms with E-state index in [-0.39, 0.29) is 0 Å². The Labute approximate surface area is 65.4 Å². The van der Waals surface area contributed by atoms with Crippen molar-refractivity contribution in [3.05, 3.63) is 10.4 Å². The van der Waals surface area contributed by atoms with E-state index in [2.05, 4.69) is 16.1 Å². The molecule has 4 heteroatoms. The fraction of sp³-hybridized carbons (Fsp3) is 0.857. The first kappa shape index (κ1) is 7.90. The number of rotatable bonds is 1. The lowest BCUT2D eigenvalue weighted by atomic mass is 9.84. The van der Waals surface area contributed by atoms with Gasteiger partial charge in [-0.15, -0.1) is 0 Å². The van der Waals surface area contributed by atoms with Crippen molar-refractivity contribution >= 4 is 0 Å². The lowest BCUT2D eigenvalue weighted by molar-refractivity contribution is 0.366. The summed E-state index contributed by atoms with van der Waals surface area (Å²) in [4.78, 5) is 2.70. The number of hydrogen-bond donors (Lipinski definition) is 0. The zero-order valence-corrected chi connectivity index (χ0v) is 6.32. The van der Waals surface area contributed by atoms with Crippen molar-refractivity contribution < 1.29 is 0 Å². The topological polar surface area (TPSA) is 72.5 Å². The SMILES string of the molecule is N#CC1(N=[N+]=[N-])CCCCC1. The van der Waals surface area contributed by atoms with Crippen molar-refractivity contribution in [2.24, 2.45) is 5.11 Å². The number of azide groups is 1. The largest absolute Gasteiger partial charge is 0.198 e. The van der Waals surface area contributed by atoms with Gasteiger partial charge in [-0.25, -0.2) is 0 Å². The molecular formula is C7H10N4. The predicted molar refractivity (Wildman–Crippen MR) is 40.6 cm³/mol. The summed E-state index contributed by atoms with van der Waals surface area (Å²) in [5.41, 5.74) is 7.51. The molecule has 58 valence electrons. The summed E-state index contributed by atoms with van der Waals surface area (Å²) in [5, 5.41) is 12.3. The Bertz CT molecular complexity index is 215. The van der Waals surface area contributed by atoms with E-state index in [1.807, 2.05) is 0 Å². The van der Waals surface area contributed by atoms with E-state index in [1.54, 1.807) is 0 Å². The van der Waals surface area contributed by atoms with Crippen LogP contribution in [0.25, 0.3) is 10.4 Å². The molecule has 1 saturated carbocycles. The maximum atomic E-state index is 8.76. The van der Waals surface area contributed by atoms with Gasteiger partial charge in [0.25, 0.3) is 0 Å². The van der Waals surface area contributed by atoms with Crippen molar-refractivity contribution in [3.8, 4) is 6.07 Å². The molecular weight excluding hydrogens is 140 g/mol. The van der Waals surface area contributed by atoms with E-state index >= 15 is 0 Å². The third-order valence-electron chi connectivity index (χ3n) is 2.12. The molecule has 0 aromatic carbocycles. The highest BCUT2D eigenvalue weighted by Gasteiger charge is 2.30. The maximum absolute atomic E-state index is 8.76. The number of nitriles is 1. The zero-order valence-electron chi connectivity index (χ0n) is 6.32. The van der Waals surface area contributed by atoms with Gasteiger partial charge in [0, 0.05) is 4.91 Å². The van der Waals surface area contributed by atoms with Crippen LogP contribution in [0.1, 0.15) is 32.1 Å². The van der Waals surface area contributed by atoms with Crippen molar-refractivity contribution in [1.29, 1.82) is 5.26 Å². The number of nitrogens with zero attached hydrogens (tertiary/aromatic N) is 4. The Balaban J connectivity index is 2.74. The van der Waals surface area contributed by atoms with Crippen LogP contribution in [0.3, 0.4) is 0 Å².